The molecule has 4 heteroatoms. The Hall–Kier alpha value is -3.00. The van der Waals surface area contributed by atoms with Gasteiger partial charge in [0.05, 0.1) is 0 Å². The van der Waals surface area contributed by atoms with Crippen molar-refractivity contribution in [1.29, 1.82) is 0 Å². The van der Waals surface area contributed by atoms with E-state index in [1.807, 2.05) is 0 Å². The third kappa shape index (κ3) is 4.70. The van der Waals surface area contributed by atoms with Crippen LogP contribution in [0.3, 0.4) is 0 Å². The normalized spacial score (nSPS) is 17.9. The Balaban J connectivity index is 1.35. The van der Waals surface area contributed by atoms with E-state index < -0.39 is 21.5 Å². The molecule has 0 N–H and O–H groups in total. The second kappa shape index (κ2) is 11.8. The predicted octanol–water partition coefficient (Wildman–Crippen LogP) is 13.5. The Morgan fingerprint density at radius 2 is 1.17 bits per heavy atom. The van der Waals surface area contributed by atoms with Crippen molar-refractivity contribution in [2.45, 2.75) is 41.1 Å². The predicted molar refractivity (Wildman–Crippen MR) is 211 cm³/mol. The third-order valence-electron chi connectivity index (χ3n) is 11.4. The van der Waals surface area contributed by atoms with Crippen molar-refractivity contribution in [2.75, 3.05) is 0 Å². The first-order valence-electron chi connectivity index (χ1n) is 17.3. The van der Waals surface area contributed by atoms with Crippen LogP contribution in [-0.2, 0) is 15.6 Å². The molecule has 6 aromatic carbocycles. The molecule has 0 radical (unpaired) electrons. The van der Waals surface area contributed by atoms with E-state index in [1.165, 1.54) is 77.2 Å². The van der Waals surface area contributed by atoms with Gasteiger partial charge in [-0.25, -0.2) is 0 Å². The molecule has 0 fully saturated rings. The quantitative estimate of drug-likeness (QED) is 0.148. The molecule has 0 saturated carbocycles. The number of rotatable bonds is 6. The molecule has 2 aliphatic rings. The van der Waals surface area contributed by atoms with Crippen LogP contribution in [0.4, 0.5) is 0 Å². The Kier molecular flexibility index (Phi) is 7.93. The van der Waals surface area contributed by atoms with Gasteiger partial charge in [0.1, 0.15) is 0 Å². The van der Waals surface area contributed by atoms with Gasteiger partial charge in [-0.1, -0.05) is 0 Å². The van der Waals surface area contributed by atoms with Crippen LogP contribution in [0.5, 0.6) is 0 Å². The standard InChI is InChI=1S/C22H19.C20H15.C2H7Si.2ClH.Zr/c1-15(2)18-13-17-9-6-12-21(22(17)14-18)20-11-5-8-16-7-3-4-10-19(16)20;1-14-12-13-20(18-11-5-9-16(14)18)19-10-4-7-15-6-2-3-8-17(15)19;1-3-2;;;/h3-15H,1-2H3;2-13H,1H3;3H,1-2H3;2*1H;/q;;;;;+2/p-2. The van der Waals surface area contributed by atoms with E-state index in [4.69, 9.17) is 17.0 Å². The van der Waals surface area contributed by atoms with Crippen molar-refractivity contribution in [3.8, 4) is 22.3 Å². The van der Waals surface area contributed by atoms with E-state index in [0.717, 1.165) is 0 Å². The van der Waals surface area contributed by atoms with Gasteiger partial charge in [-0.05, 0) is 0 Å². The summed E-state index contributed by atoms with van der Waals surface area (Å²) in [6.45, 7) is 11.8. The fourth-order valence-electron chi connectivity index (χ4n) is 8.89. The zero-order valence-corrected chi connectivity index (χ0v) is 33.4. The summed E-state index contributed by atoms with van der Waals surface area (Å²) in [5.74, 6) is -1.32. The van der Waals surface area contributed by atoms with Gasteiger partial charge in [0.2, 0.25) is 0 Å². The first-order chi connectivity index (χ1) is 23.1. The van der Waals surface area contributed by atoms with Crippen molar-refractivity contribution >= 4 is 56.6 Å². The summed E-state index contributed by atoms with van der Waals surface area (Å²) >= 11 is -4.84. The number of fused-ring (bicyclic) bond motifs is 4. The summed E-state index contributed by atoms with van der Waals surface area (Å²) in [6.07, 6.45) is 7.27. The molecule has 6 aromatic rings. The number of benzene rings is 6. The molecule has 0 aromatic heterocycles. The van der Waals surface area contributed by atoms with Crippen LogP contribution in [0.15, 0.2) is 127 Å². The average molecular weight is 760 g/mol. The molecule has 0 spiro atoms. The Morgan fingerprint density at radius 1 is 0.625 bits per heavy atom. The van der Waals surface area contributed by atoms with E-state index >= 15 is 0 Å². The Morgan fingerprint density at radius 3 is 1.77 bits per heavy atom. The minimum absolute atomic E-state index is 0.0469. The van der Waals surface area contributed by atoms with Crippen LogP contribution in [0.1, 0.15) is 48.9 Å². The molecule has 0 amide bonds. The molecule has 0 heterocycles. The molecular formula is C44H41Cl2SiZr. The van der Waals surface area contributed by atoms with Crippen LogP contribution < -0.4 is 0 Å². The summed E-state index contributed by atoms with van der Waals surface area (Å²) in [5.41, 5.74) is 13.1. The van der Waals surface area contributed by atoms with Crippen molar-refractivity contribution in [3.05, 3.63) is 155 Å². The van der Waals surface area contributed by atoms with E-state index in [1.54, 1.807) is 0 Å². The van der Waals surface area contributed by atoms with Gasteiger partial charge in [0, 0.05) is 0 Å². The SMILES string of the molecule is Cc1ccc(-c2cccc3ccccc23)c2c1[CH]([Zr]([Cl])([Cl])([CH]1C(C(C)C)=Cc3c(-c4cccc5ccccc45)cccc31)[SiH](C)C)C=C2. The summed E-state index contributed by atoms with van der Waals surface area (Å²) < 4.78 is 0.109. The molecule has 239 valence electrons. The molecule has 0 bridgehead atoms. The fourth-order valence-corrected chi connectivity index (χ4v) is 38.4. The third-order valence-corrected chi connectivity index (χ3v) is 63.3. The van der Waals surface area contributed by atoms with Gasteiger partial charge in [-0.15, -0.1) is 0 Å². The monoisotopic (exact) mass is 757 g/mol. The van der Waals surface area contributed by atoms with Gasteiger partial charge in [-0.3, -0.25) is 0 Å². The second-order valence-electron chi connectivity index (χ2n) is 14.6. The van der Waals surface area contributed by atoms with E-state index in [-0.39, 0.29) is 7.25 Å². The molecule has 2 aliphatic carbocycles. The van der Waals surface area contributed by atoms with E-state index in [0.29, 0.717) is 5.92 Å². The van der Waals surface area contributed by atoms with Gasteiger partial charge in [0.15, 0.2) is 0 Å². The number of hydrogen-bond acceptors (Lipinski definition) is 0. The molecule has 48 heavy (non-hydrogen) atoms. The number of allylic oxidation sites excluding steroid dienone is 2. The molecule has 2 unspecified atom stereocenters. The maximum absolute atomic E-state index is 8.64. The maximum atomic E-state index is 8.64. The first kappa shape index (κ1) is 32.2. The first-order valence-corrected chi connectivity index (χ1v) is 33.6. The van der Waals surface area contributed by atoms with Gasteiger partial charge >= 0.3 is 296 Å². The van der Waals surface area contributed by atoms with Gasteiger partial charge in [-0.2, -0.15) is 0 Å². The summed E-state index contributed by atoms with van der Waals surface area (Å²) in [6, 6.07) is 42.2. The molecular weight excluding hydrogens is 719 g/mol. The Bertz CT molecular complexity index is 2320. The van der Waals surface area contributed by atoms with Crippen LogP contribution in [0, 0.1) is 12.8 Å². The summed E-state index contributed by atoms with van der Waals surface area (Å²) in [5, 5.41) is 5.07. The molecule has 2 atom stereocenters. The number of hydrogen-bond donors (Lipinski definition) is 0. The van der Waals surface area contributed by atoms with Crippen molar-refractivity contribution in [3.63, 3.8) is 0 Å². The van der Waals surface area contributed by atoms with Crippen LogP contribution in [0.2, 0.25) is 13.1 Å². The van der Waals surface area contributed by atoms with Gasteiger partial charge < -0.3 is 0 Å². The fraction of sp³-hybridized carbons (Fsp3) is 0.182. The Labute approximate surface area is 293 Å². The van der Waals surface area contributed by atoms with E-state index in [2.05, 4.69) is 167 Å². The topological polar surface area (TPSA) is 0 Å². The van der Waals surface area contributed by atoms with Crippen LogP contribution in [-0.4, -0.2) is 5.92 Å². The van der Waals surface area contributed by atoms with Crippen molar-refractivity contribution in [2.24, 2.45) is 5.92 Å². The van der Waals surface area contributed by atoms with Crippen LogP contribution >= 0.6 is 17.0 Å². The number of halogens is 2. The summed E-state index contributed by atoms with van der Waals surface area (Å²) in [4.78, 5) is 0. The molecule has 0 aliphatic heterocycles. The van der Waals surface area contributed by atoms with Crippen LogP contribution in [0.25, 0.3) is 56.0 Å². The molecule has 0 nitrogen and oxygen atoms in total. The minimum atomic E-state index is -4.84. The van der Waals surface area contributed by atoms with Gasteiger partial charge in [0.25, 0.3) is 0 Å². The number of aryl methyl sites for hydroxylation is 1. The zero-order chi connectivity index (χ0) is 33.4. The second-order valence-corrected chi connectivity index (χ2v) is 57.2. The van der Waals surface area contributed by atoms with E-state index in [9.17, 15) is 0 Å². The average Bonchev–Trinajstić information content (AvgIpc) is 3.73. The molecule has 0 saturated heterocycles. The van der Waals surface area contributed by atoms with Crippen molar-refractivity contribution in [1.82, 2.24) is 0 Å². The summed E-state index contributed by atoms with van der Waals surface area (Å²) in [7, 11) is 17.3. The van der Waals surface area contributed by atoms with Crippen molar-refractivity contribution < 1.29 is 15.6 Å². The molecule has 8 rings (SSSR count). The zero-order valence-electron chi connectivity index (χ0n) is 28.3.